The second kappa shape index (κ2) is 16.9. The molecular formula is C47H55IrN3OSi-2. The first-order chi connectivity index (χ1) is 25.0. The summed E-state index contributed by atoms with van der Waals surface area (Å²) in [5, 5.41) is 3.67. The third-order valence-electron chi connectivity index (χ3n) is 10.9. The van der Waals surface area contributed by atoms with Gasteiger partial charge in [0.15, 0.2) is 0 Å². The van der Waals surface area contributed by atoms with Crippen molar-refractivity contribution < 1.29 is 24.5 Å². The molecule has 0 atom stereocenters. The van der Waals surface area contributed by atoms with E-state index in [0.29, 0.717) is 0 Å². The van der Waals surface area contributed by atoms with E-state index < -0.39 is 8.07 Å². The van der Waals surface area contributed by atoms with E-state index in [0.717, 1.165) is 81.4 Å². The molecule has 2 aromatic carbocycles. The normalized spacial score (nSPS) is 15.4. The minimum atomic E-state index is -1.37. The molecule has 0 unspecified atom stereocenters. The van der Waals surface area contributed by atoms with Crippen LogP contribution in [-0.4, -0.2) is 23.0 Å². The number of benzene rings is 2. The molecule has 4 aromatic heterocycles. The Hall–Kier alpha value is -3.44. The summed E-state index contributed by atoms with van der Waals surface area (Å²) in [6.07, 6.45) is 18.2. The number of fused-ring (bicyclic) bond motifs is 3. The molecule has 0 bridgehead atoms. The van der Waals surface area contributed by atoms with E-state index in [4.69, 9.17) is 14.4 Å². The number of hydrogen-bond donors (Lipinski definition) is 0. The SMILES string of the molecule is CC(C)(C)Cc1cc(-c2[c-]cccc2)ncc1[Si](C)(C)C.[Ir].[c-]1ccc2c(oc3nc(CC4CCCC4)ccc32)c1-c1cc(CC2CCCC2)ccn1. The van der Waals surface area contributed by atoms with Crippen molar-refractivity contribution in [3.63, 3.8) is 0 Å². The number of nitrogens with zero attached hydrogens (tertiary/aromatic N) is 3. The third-order valence-corrected chi connectivity index (χ3v) is 13.0. The van der Waals surface area contributed by atoms with Gasteiger partial charge in [-0.1, -0.05) is 126 Å². The Bertz CT molecular complexity index is 2120. The molecule has 0 saturated heterocycles. The van der Waals surface area contributed by atoms with Gasteiger partial charge in [-0.2, -0.15) is 0 Å². The molecule has 6 heteroatoms. The fourth-order valence-corrected chi connectivity index (χ4v) is 9.93. The van der Waals surface area contributed by atoms with Gasteiger partial charge in [0, 0.05) is 43.6 Å². The Labute approximate surface area is 332 Å². The monoisotopic (exact) mass is 898 g/mol. The molecular weight excluding hydrogens is 843 g/mol. The van der Waals surface area contributed by atoms with Crippen LogP contribution in [0.2, 0.25) is 19.6 Å². The van der Waals surface area contributed by atoms with Crippen molar-refractivity contribution in [1.29, 1.82) is 0 Å². The smallest absolute Gasteiger partial charge is 0.216 e. The van der Waals surface area contributed by atoms with Crippen molar-refractivity contribution in [3.8, 4) is 22.5 Å². The summed E-state index contributed by atoms with van der Waals surface area (Å²) in [7, 11) is -1.37. The van der Waals surface area contributed by atoms with Crippen molar-refractivity contribution in [2.24, 2.45) is 17.3 Å². The predicted molar refractivity (Wildman–Crippen MR) is 220 cm³/mol. The fourth-order valence-electron chi connectivity index (χ4n) is 8.35. The van der Waals surface area contributed by atoms with Gasteiger partial charge in [-0.25, -0.2) is 4.98 Å². The second-order valence-electron chi connectivity index (χ2n) is 17.6. The Balaban J connectivity index is 0.000000193. The van der Waals surface area contributed by atoms with Crippen LogP contribution in [-0.2, 0) is 39.4 Å². The van der Waals surface area contributed by atoms with Crippen LogP contribution < -0.4 is 5.19 Å². The van der Waals surface area contributed by atoms with Gasteiger partial charge in [0.2, 0.25) is 5.71 Å². The zero-order valence-electron chi connectivity index (χ0n) is 32.5. The standard InChI is InChI=1S/C28H29N2O.C19H26NSi.Ir/c1-2-7-19(6-1)16-21-14-15-29-26(18-21)25-11-5-10-23-24-13-12-22(17-20-8-3-4-9-20)30-28(24)31-27(23)25;1-19(2,3)13-16-12-17(15-10-8-7-9-11-15)20-14-18(16)21(4,5)6;/h5,10,12-15,18-20H,1-4,6-9,16-17H2;7-10,12,14H,13H2,1-6H3;/q2*-1;. The van der Waals surface area contributed by atoms with Crippen LogP contribution in [0.5, 0.6) is 0 Å². The largest absolute Gasteiger partial charge is 0.486 e. The van der Waals surface area contributed by atoms with Gasteiger partial charge in [0.05, 0.1) is 13.7 Å². The van der Waals surface area contributed by atoms with Crippen LogP contribution in [0.15, 0.2) is 83.5 Å². The van der Waals surface area contributed by atoms with Crippen molar-refractivity contribution in [3.05, 3.63) is 108 Å². The molecule has 0 amide bonds. The summed E-state index contributed by atoms with van der Waals surface area (Å²) in [6.45, 7) is 14.1. The van der Waals surface area contributed by atoms with Gasteiger partial charge in [-0.15, -0.1) is 54.1 Å². The molecule has 53 heavy (non-hydrogen) atoms. The molecule has 2 fully saturated rings. The maximum Gasteiger partial charge on any atom is 0.216 e. The van der Waals surface area contributed by atoms with E-state index >= 15 is 0 Å². The Morgan fingerprint density at radius 3 is 2.19 bits per heavy atom. The van der Waals surface area contributed by atoms with Crippen LogP contribution in [0.3, 0.4) is 0 Å². The molecule has 279 valence electrons. The zero-order chi connectivity index (χ0) is 36.3. The number of aromatic nitrogens is 3. The van der Waals surface area contributed by atoms with E-state index in [2.05, 4.69) is 106 Å². The number of furan rings is 1. The minimum Gasteiger partial charge on any atom is -0.486 e. The summed E-state index contributed by atoms with van der Waals surface area (Å²) in [5.74, 6) is 1.61. The van der Waals surface area contributed by atoms with E-state index in [9.17, 15) is 0 Å². The molecule has 8 rings (SSSR count). The first kappa shape index (κ1) is 39.3. The van der Waals surface area contributed by atoms with Crippen LogP contribution in [0.25, 0.3) is 44.6 Å². The average Bonchev–Trinajstić information content (AvgIpc) is 3.90. The van der Waals surface area contributed by atoms with Crippen molar-refractivity contribution >= 4 is 35.3 Å². The molecule has 0 spiro atoms. The molecule has 6 aromatic rings. The topological polar surface area (TPSA) is 51.8 Å². The van der Waals surface area contributed by atoms with Gasteiger partial charge in [-0.05, 0) is 71.3 Å². The van der Waals surface area contributed by atoms with Crippen molar-refractivity contribution in [1.82, 2.24) is 15.0 Å². The summed E-state index contributed by atoms with van der Waals surface area (Å²) >= 11 is 0. The predicted octanol–water partition coefficient (Wildman–Crippen LogP) is 12.0. The van der Waals surface area contributed by atoms with Gasteiger partial charge in [-0.3, -0.25) is 0 Å². The molecule has 4 nitrogen and oxygen atoms in total. The van der Waals surface area contributed by atoms with Crippen LogP contribution >= 0.6 is 0 Å². The van der Waals surface area contributed by atoms with Crippen LogP contribution in [0.4, 0.5) is 0 Å². The maximum absolute atomic E-state index is 6.33. The summed E-state index contributed by atoms with van der Waals surface area (Å²) in [5.41, 5.74) is 9.88. The average molecular weight is 898 g/mol. The molecule has 0 N–H and O–H groups in total. The van der Waals surface area contributed by atoms with E-state index in [1.807, 2.05) is 30.5 Å². The molecule has 2 saturated carbocycles. The van der Waals surface area contributed by atoms with Gasteiger partial charge in [0.1, 0.15) is 0 Å². The van der Waals surface area contributed by atoms with Gasteiger partial charge in [0.25, 0.3) is 0 Å². The zero-order valence-corrected chi connectivity index (χ0v) is 35.9. The van der Waals surface area contributed by atoms with Crippen LogP contribution in [0.1, 0.15) is 89.0 Å². The Kier molecular flexibility index (Phi) is 12.5. The molecule has 1 radical (unpaired) electrons. The van der Waals surface area contributed by atoms with Crippen molar-refractivity contribution in [2.75, 3.05) is 0 Å². The number of rotatable bonds is 8. The molecule has 2 aliphatic rings. The Morgan fingerprint density at radius 2 is 1.51 bits per heavy atom. The number of hydrogen-bond acceptors (Lipinski definition) is 4. The summed E-state index contributed by atoms with van der Waals surface area (Å²) in [4.78, 5) is 14.3. The first-order valence-electron chi connectivity index (χ1n) is 19.6. The quantitative estimate of drug-likeness (QED) is 0.113. The minimum absolute atomic E-state index is 0. The number of pyridine rings is 3. The molecule has 2 aliphatic carbocycles. The van der Waals surface area contributed by atoms with E-state index in [1.165, 1.54) is 67.7 Å². The first-order valence-corrected chi connectivity index (χ1v) is 23.1. The third kappa shape index (κ3) is 9.81. The van der Waals surface area contributed by atoms with Crippen molar-refractivity contribution in [2.45, 2.75) is 111 Å². The molecule has 0 aliphatic heterocycles. The Morgan fingerprint density at radius 1 is 0.774 bits per heavy atom. The molecule has 4 heterocycles. The van der Waals surface area contributed by atoms with Crippen LogP contribution in [0, 0.1) is 29.4 Å². The summed E-state index contributed by atoms with van der Waals surface area (Å²) in [6, 6.07) is 29.9. The summed E-state index contributed by atoms with van der Waals surface area (Å²) < 4.78 is 6.33. The van der Waals surface area contributed by atoms with E-state index in [1.54, 1.807) is 0 Å². The van der Waals surface area contributed by atoms with Gasteiger partial charge >= 0.3 is 0 Å². The second-order valence-corrected chi connectivity index (χ2v) is 22.6. The maximum atomic E-state index is 6.33. The fraction of sp³-hybridized carbons (Fsp3) is 0.426. The van der Waals surface area contributed by atoms with E-state index in [-0.39, 0.29) is 25.5 Å². The van der Waals surface area contributed by atoms with Gasteiger partial charge < -0.3 is 14.4 Å².